The highest BCUT2D eigenvalue weighted by Crippen LogP contribution is 2.19. The first-order valence-corrected chi connectivity index (χ1v) is 7.81. The summed E-state index contributed by atoms with van der Waals surface area (Å²) in [5.41, 5.74) is 0. The molecule has 2 nitrogen and oxygen atoms in total. The Labute approximate surface area is 105 Å². The molecule has 3 heteroatoms. The van der Waals surface area contributed by atoms with Gasteiger partial charge in [0.1, 0.15) is 0 Å². The van der Waals surface area contributed by atoms with Crippen molar-refractivity contribution in [3.63, 3.8) is 0 Å². The molecule has 16 heavy (non-hydrogen) atoms. The molecule has 0 aromatic heterocycles. The standard InChI is InChI=1S/C13H27NOS/c1-4-16-10-7-11(2)14-12(3)13-5-8-15-9-6-13/h11-14H,4-10H2,1-3H3. The molecule has 0 saturated carbocycles. The van der Waals surface area contributed by atoms with Crippen LogP contribution >= 0.6 is 11.8 Å². The first-order valence-electron chi connectivity index (χ1n) is 6.65. The lowest BCUT2D eigenvalue weighted by atomic mass is 9.92. The van der Waals surface area contributed by atoms with Gasteiger partial charge in [-0.1, -0.05) is 6.92 Å². The van der Waals surface area contributed by atoms with Gasteiger partial charge in [0.2, 0.25) is 0 Å². The number of rotatable bonds is 7. The molecule has 0 bridgehead atoms. The van der Waals surface area contributed by atoms with Gasteiger partial charge in [0.05, 0.1) is 0 Å². The van der Waals surface area contributed by atoms with E-state index in [1.54, 1.807) is 0 Å². The molecule has 0 aliphatic carbocycles. The Morgan fingerprint density at radius 1 is 1.31 bits per heavy atom. The van der Waals surface area contributed by atoms with Crippen molar-refractivity contribution in [1.29, 1.82) is 0 Å². The lowest BCUT2D eigenvalue weighted by Gasteiger charge is -2.30. The first-order chi connectivity index (χ1) is 7.74. The summed E-state index contributed by atoms with van der Waals surface area (Å²) in [6.45, 7) is 8.78. The summed E-state index contributed by atoms with van der Waals surface area (Å²) < 4.78 is 5.40. The van der Waals surface area contributed by atoms with E-state index in [0.717, 1.165) is 19.1 Å². The SMILES string of the molecule is CCSCCC(C)NC(C)C1CCOCC1. The van der Waals surface area contributed by atoms with E-state index in [4.69, 9.17) is 4.74 Å². The molecular formula is C13H27NOS. The van der Waals surface area contributed by atoms with E-state index in [2.05, 4.69) is 26.1 Å². The van der Waals surface area contributed by atoms with Crippen LogP contribution in [-0.2, 0) is 4.74 Å². The summed E-state index contributed by atoms with van der Waals surface area (Å²) in [5, 5.41) is 3.74. The van der Waals surface area contributed by atoms with Gasteiger partial charge in [-0.2, -0.15) is 11.8 Å². The minimum Gasteiger partial charge on any atom is -0.381 e. The zero-order valence-electron chi connectivity index (χ0n) is 11.0. The molecule has 1 heterocycles. The predicted molar refractivity (Wildman–Crippen MR) is 73.2 cm³/mol. The van der Waals surface area contributed by atoms with Gasteiger partial charge >= 0.3 is 0 Å². The maximum absolute atomic E-state index is 5.40. The number of hydrogen-bond acceptors (Lipinski definition) is 3. The average molecular weight is 245 g/mol. The predicted octanol–water partition coefficient (Wildman–Crippen LogP) is 2.92. The minimum atomic E-state index is 0.644. The topological polar surface area (TPSA) is 21.3 Å². The van der Waals surface area contributed by atoms with Gasteiger partial charge < -0.3 is 10.1 Å². The van der Waals surface area contributed by atoms with Crippen LogP contribution in [0.3, 0.4) is 0 Å². The van der Waals surface area contributed by atoms with Gasteiger partial charge in [-0.3, -0.25) is 0 Å². The van der Waals surface area contributed by atoms with Crippen molar-refractivity contribution < 1.29 is 4.74 Å². The molecule has 0 aromatic carbocycles. The van der Waals surface area contributed by atoms with Crippen LogP contribution in [0.2, 0.25) is 0 Å². The molecule has 1 N–H and O–H groups in total. The zero-order valence-corrected chi connectivity index (χ0v) is 11.8. The third-order valence-electron chi connectivity index (χ3n) is 3.42. The fraction of sp³-hybridized carbons (Fsp3) is 1.00. The molecule has 1 aliphatic heterocycles. The Morgan fingerprint density at radius 3 is 2.62 bits per heavy atom. The van der Waals surface area contributed by atoms with Crippen LogP contribution in [0.15, 0.2) is 0 Å². The summed E-state index contributed by atoms with van der Waals surface area (Å²) in [6.07, 6.45) is 3.74. The van der Waals surface area contributed by atoms with Crippen molar-refractivity contribution in [3.8, 4) is 0 Å². The maximum Gasteiger partial charge on any atom is 0.0469 e. The van der Waals surface area contributed by atoms with Crippen LogP contribution in [0.5, 0.6) is 0 Å². The van der Waals surface area contributed by atoms with Gasteiger partial charge in [0.15, 0.2) is 0 Å². The lowest BCUT2D eigenvalue weighted by Crippen LogP contribution is -2.41. The second-order valence-corrected chi connectivity index (χ2v) is 6.19. The molecule has 2 unspecified atom stereocenters. The quantitative estimate of drug-likeness (QED) is 0.697. The van der Waals surface area contributed by atoms with Crippen molar-refractivity contribution in [1.82, 2.24) is 5.32 Å². The third-order valence-corrected chi connectivity index (χ3v) is 4.35. The van der Waals surface area contributed by atoms with Crippen LogP contribution in [0, 0.1) is 5.92 Å². The molecule has 1 rings (SSSR count). The van der Waals surface area contributed by atoms with Crippen molar-refractivity contribution in [3.05, 3.63) is 0 Å². The Balaban J connectivity index is 2.13. The monoisotopic (exact) mass is 245 g/mol. The fourth-order valence-electron chi connectivity index (χ4n) is 2.29. The van der Waals surface area contributed by atoms with Gasteiger partial charge in [-0.05, 0) is 50.5 Å². The summed E-state index contributed by atoms with van der Waals surface area (Å²) in [6, 6.07) is 1.29. The number of ether oxygens (including phenoxy) is 1. The highest BCUT2D eigenvalue weighted by atomic mass is 32.2. The first kappa shape index (κ1) is 14.3. The second-order valence-electron chi connectivity index (χ2n) is 4.79. The van der Waals surface area contributed by atoms with E-state index in [-0.39, 0.29) is 0 Å². The van der Waals surface area contributed by atoms with Crippen molar-refractivity contribution >= 4 is 11.8 Å². The molecule has 1 aliphatic rings. The minimum absolute atomic E-state index is 0.644. The highest BCUT2D eigenvalue weighted by Gasteiger charge is 2.21. The molecule has 0 spiro atoms. The van der Waals surface area contributed by atoms with E-state index in [9.17, 15) is 0 Å². The van der Waals surface area contributed by atoms with Gasteiger partial charge in [0.25, 0.3) is 0 Å². The number of nitrogens with one attached hydrogen (secondary N) is 1. The van der Waals surface area contributed by atoms with E-state index < -0.39 is 0 Å². The smallest absolute Gasteiger partial charge is 0.0469 e. The molecule has 96 valence electrons. The van der Waals surface area contributed by atoms with Crippen LogP contribution in [-0.4, -0.2) is 36.8 Å². The van der Waals surface area contributed by atoms with Crippen molar-refractivity contribution in [2.24, 2.45) is 5.92 Å². The van der Waals surface area contributed by atoms with Gasteiger partial charge in [-0.25, -0.2) is 0 Å². The van der Waals surface area contributed by atoms with Crippen molar-refractivity contribution in [2.75, 3.05) is 24.7 Å². The molecule has 0 amide bonds. The van der Waals surface area contributed by atoms with Crippen LogP contribution in [0.25, 0.3) is 0 Å². The summed E-state index contributed by atoms with van der Waals surface area (Å²) >= 11 is 2.04. The summed E-state index contributed by atoms with van der Waals surface area (Å²) in [7, 11) is 0. The normalized spacial score (nSPS) is 21.9. The largest absolute Gasteiger partial charge is 0.381 e. The van der Waals surface area contributed by atoms with Crippen LogP contribution < -0.4 is 5.32 Å². The Bertz CT molecular complexity index is 171. The summed E-state index contributed by atoms with van der Waals surface area (Å²) in [4.78, 5) is 0. The maximum atomic E-state index is 5.40. The Kier molecular flexibility index (Phi) is 7.50. The average Bonchev–Trinajstić information content (AvgIpc) is 2.30. The second kappa shape index (κ2) is 8.37. The molecule has 1 fully saturated rings. The molecule has 0 aromatic rings. The molecule has 0 radical (unpaired) electrons. The molecule has 1 saturated heterocycles. The van der Waals surface area contributed by atoms with Gasteiger partial charge in [0, 0.05) is 25.3 Å². The molecule has 2 atom stereocenters. The van der Waals surface area contributed by atoms with E-state index in [0.29, 0.717) is 12.1 Å². The lowest BCUT2D eigenvalue weighted by molar-refractivity contribution is 0.0546. The van der Waals surface area contributed by atoms with E-state index in [1.807, 2.05) is 11.8 Å². The number of thioether (sulfide) groups is 1. The molecular weight excluding hydrogens is 218 g/mol. The van der Waals surface area contributed by atoms with Gasteiger partial charge in [-0.15, -0.1) is 0 Å². The van der Waals surface area contributed by atoms with Crippen LogP contribution in [0.1, 0.15) is 40.0 Å². The van der Waals surface area contributed by atoms with Crippen molar-refractivity contribution in [2.45, 2.75) is 52.1 Å². The zero-order chi connectivity index (χ0) is 11.8. The Morgan fingerprint density at radius 2 is 2.00 bits per heavy atom. The third kappa shape index (κ3) is 5.55. The van der Waals surface area contributed by atoms with Crippen LogP contribution in [0.4, 0.5) is 0 Å². The highest BCUT2D eigenvalue weighted by molar-refractivity contribution is 7.99. The summed E-state index contributed by atoms with van der Waals surface area (Å²) in [5.74, 6) is 3.34. The number of hydrogen-bond donors (Lipinski definition) is 1. The van der Waals surface area contributed by atoms with E-state index in [1.165, 1.54) is 30.8 Å². The fourth-order valence-corrected chi connectivity index (χ4v) is 3.10. The van der Waals surface area contributed by atoms with E-state index >= 15 is 0 Å². The Hall–Kier alpha value is 0.270.